The Labute approximate surface area is 117 Å². The van der Waals surface area contributed by atoms with Crippen LogP contribution in [0.1, 0.15) is 82.0 Å². The van der Waals surface area contributed by atoms with E-state index in [1.807, 2.05) is 6.07 Å². The first-order valence-corrected chi connectivity index (χ1v) is 6.49. The fourth-order valence-corrected chi connectivity index (χ4v) is 2.52. The summed E-state index contributed by atoms with van der Waals surface area (Å²) in [6.45, 7) is 0. The monoisotopic (exact) mass is 268 g/mol. The van der Waals surface area contributed by atoms with E-state index >= 15 is 0 Å². The summed E-state index contributed by atoms with van der Waals surface area (Å²) in [4.78, 5) is 11.3. The second-order valence-electron chi connectivity index (χ2n) is 4.74. The van der Waals surface area contributed by atoms with Crippen molar-refractivity contribution in [3.63, 3.8) is 0 Å². The summed E-state index contributed by atoms with van der Waals surface area (Å²) in [6, 6.07) is 3.65. The molecule has 3 nitrogen and oxygen atoms in total. The van der Waals surface area contributed by atoms with Gasteiger partial charge in [0.05, 0.1) is 7.11 Å². The number of carbonyl (C=O) groups excluding carboxylic acids is 1. The Bertz CT molecular complexity index is 360. The molecule has 19 heavy (non-hydrogen) atoms. The average Bonchev–Trinajstić information content (AvgIpc) is 2.77. The number of carbonyl (C=O) groups is 1. The highest BCUT2D eigenvalue weighted by molar-refractivity contribution is 5.86. The number of furan rings is 1. The minimum atomic E-state index is -0.387. The first-order valence-electron chi connectivity index (χ1n) is 6.49. The number of methoxy groups -OCH3 is 1. The van der Waals surface area contributed by atoms with E-state index in [-0.39, 0.29) is 20.8 Å². The molecule has 0 amide bonds. The molecule has 0 aromatic carbocycles. The van der Waals surface area contributed by atoms with Gasteiger partial charge in [0, 0.05) is 5.92 Å². The molecule has 1 aliphatic carbocycles. The van der Waals surface area contributed by atoms with Crippen LogP contribution in [0.4, 0.5) is 0 Å². The number of esters is 1. The molecule has 0 N–H and O–H groups in total. The molecule has 0 bridgehead atoms. The zero-order valence-corrected chi connectivity index (χ0v) is 10.4. The number of hydrogen-bond acceptors (Lipinski definition) is 3. The molecule has 0 unspecified atom stereocenters. The third-order valence-electron chi connectivity index (χ3n) is 3.52. The molecule has 3 heteroatoms. The van der Waals surface area contributed by atoms with Crippen LogP contribution in [-0.2, 0) is 4.74 Å². The van der Waals surface area contributed by atoms with Crippen molar-refractivity contribution < 1.29 is 13.9 Å². The molecule has 1 aliphatic rings. The van der Waals surface area contributed by atoms with Gasteiger partial charge in [0.25, 0.3) is 0 Å². The number of rotatable bonds is 2. The summed E-state index contributed by atoms with van der Waals surface area (Å²) in [7, 11) is 1.38. The molecule has 0 atom stereocenters. The third kappa shape index (κ3) is 4.73. The Morgan fingerprint density at radius 3 is 2.26 bits per heavy atom. The Morgan fingerprint density at radius 2 is 1.68 bits per heavy atom. The van der Waals surface area contributed by atoms with Gasteiger partial charge in [-0.15, -0.1) is 0 Å². The third-order valence-corrected chi connectivity index (χ3v) is 3.52. The van der Waals surface area contributed by atoms with Gasteiger partial charge in [-0.1, -0.05) is 47.0 Å². The van der Waals surface area contributed by atoms with E-state index in [2.05, 4.69) is 4.74 Å². The fraction of sp³-hybridized carbons (Fsp3) is 0.688. The van der Waals surface area contributed by atoms with Crippen molar-refractivity contribution in [2.45, 2.75) is 65.7 Å². The van der Waals surface area contributed by atoms with E-state index in [1.165, 1.54) is 52.1 Å². The Kier molecular flexibility index (Phi) is 8.21. The van der Waals surface area contributed by atoms with Crippen molar-refractivity contribution in [1.29, 1.82) is 0 Å². The van der Waals surface area contributed by atoms with Crippen LogP contribution in [0.15, 0.2) is 16.5 Å². The molecule has 0 aliphatic heterocycles. The summed E-state index contributed by atoms with van der Waals surface area (Å²) >= 11 is 0. The van der Waals surface area contributed by atoms with Crippen molar-refractivity contribution in [3.05, 3.63) is 23.7 Å². The van der Waals surface area contributed by atoms with E-state index in [0.29, 0.717) is 11.7 Å². The van der Waals surface area contributed by atoms with Crippen LogP contribution in [-0.4, -0.2) is 13.1 Å². The minimum Gasteiger partial charge on any atom is -0.463 e. The van der Waals surface area contributed by atoms with Crippen molar-refractivity contribution >= 4 is 5.97 Å². The summed E-state index contributed by atoms with van der Waals surface area (Å²) < 4.78 is 10.2. The Morgan fingerprint density at radius 1 is 1.11 bits per heavy atom. The second kappa shape index (κ2) is 8.78. The summed E-state index contributed by atoms with van der Waals surface area (Å²) in [5, 5.41) is 0. The Balaban J connectivity index is 0.00000162. The van der Waals surface area contributed by atoms with Crippen LogP contribution in [0, 0.1) is 0 Å². The van der Waals surface area contributed by atoms with E-state index in [4.69, 9.17) is 4.42 Å². The molecule has 1 fully saturated rings. The maximum absolute atomic E-state index is 11.3. The van der Waals surface area contributed by atoms with Gasteiger partial charge in [-0.3, -0.25) is 0 Å². The van der Waals surface area contributed by atoms with Gasteiger partial charge < -0.3 is 9.15 Å². The smallest absolute Gasteiger partial charge is 0.373 e. The van der Waals surface area contributed by atoms with Crippen LogP contribution in [0.3, 0.4) is 0 Å². The van der Waals surface area contributed by atoms with Gasteiger partial charge in [-0.05, 0) is 25.0 Å². The molecule has 1 aromatic rings. The normalized spacial score (nSPS) is 16.5. The molecule has 1 aromatic heterocycles. The second-order valence-corrected chi connectivity index (χ2v) is 4.74. The van der Waals surface area contributed by atoms with Gasteiger partial charge in [0.15, 0.2) is 0 Å². The van der Waals surface area contributed by atoms with E-state index in [0.717, 1.165) is 5.76 Å². The van der Waals surface area contributed by atoms with Gasteiger partial charge in [-0.2, -0.15) is 0 Å². The molecule has 2 rings (SSSR count). The molecular formula is C16H28O3. The van der Waals surface area contributed by atoms with Crippen molar-refractivity contribution in [3.8, 4) is 0 Å². The Hall–Kier alpha value is -1.25. The zero-order chi connectivity index (χ0) is 12.1. The fourth-order valence-electron chi connectivity index (χ4n) is 2.52. The van der Waals surface area contributed by atoms with Crippen molar-refractivity contribution in [2.24, 2.45) is 0 Å². The molecule has 1 heterocycles. The lowest BCUT2D eigenvalue weighted by atomic mass is 9.89. The highest BCUT2D eigenvalue weighted by Gasteiger charge is 2.19. The molecule has 0 spiro atoms. The molecule has 0 radical (unpaired) electrons. The van der Waals surface area contributed by atoms with Gasteiger partial charge in [0.1, 0.15) is 5.76 Å². The van der Waals surface area contributed by atoms with E-state index < -0.39 is 0 Å². The van der Waals surface area contributed by atoms with E-state index in [9.17, 15) is 4.79 Å². The predicted octanol–water partition coefficient (Wildman–Crippen LogP) is 5.17. The summed E-state index contributed by atoms with van der Waals surface area (Å²) in [5.41, 5.74) is 0. The van der Waals surface area contributed by atoms with Crippen LogP contribution in [0.25, 0.3) is 0 Å². The van der Waals surface area contributed by atoms with Crippen molar-refractivity contribution in [2.75, 3.05) is 7.11 Å². The van der Waals surface area contributed by atoms with Crippen LogP contribution >= 0.6 is 0 Å². The zero-order valence-electron chi connectivity index (χ0n) is 10.4. The highest BCUT2D eigenvalue weighted by Crippen LogP contribution is 2.31. The van der Waals surface area contributed by atoms with Gasteiger partial charge >= 0.3 is 5.97 Å². The number of ether oxygens (including phenoxy) is 1. The molecule has 1 saturated carbocycles. The molecule has 110 valence electrons. The van der Waals surface area contributed by atoms with Gasteiger partial charge in [-0.25, -0.2) is 4.79 Å². The van der Waals surface area contributed by atoms with Crippen LogP contribution in [0.5, 0.6) is 0 Å². The van der Waals surface area contributed by atoms with Crippen molar-refractivity contribution in [1.82, 2.24) is 0 Å². The quantitative estimate of drug-likeness (QED) is 0.695. The van der Waals surface area contributed by atoms with Crippen LogP contribution < -0.4 is 0 Å². The largest absolute Gasteiger partial charge is 0.463 e. The lowest BCUT2D eigenvalue weighted by molar-refractivity contribution is 0.0562. The maximum atomic E-state index is 11.3. The first kappa shape index (κ1) is 17.8. The van der Waals surface area contributed by atoms with Crippen LogP contribution in [0.2, 0.25) is 0 Å². The van der Waals surface area contributed by atoms with Gasteiger partial charge in [0.2, 0.25) is 5.76 Å². The standard InChI is InChI=1S/C14H20O3.2CH4/c1-16-14(15)13-10-9-12(17-13)11-7-5-3-2-4-6-8-11;;/h9-11H,2-8H2,1H3;2*1H4. The summed E-state index contributed by atoms with van der Waals surface area (Å²) in [6.07, 6.45) is 8.88. The lowest BCUT2D eigenvalue weighted by Crippen LogP contribution is -2.02. The molecular weight excluding hydrogens is 240 g/mol. The first-order chi connectivity index (χ1) is 8.31. The SMILES string of the molecule is C.C.COC(=O)c1ccc(C2CCCCCCC2)o1. The highest BCUT2D eigenvalue weighted by atomic mass is 16.5. The average molecular weight is 268 g/mol. The topological polar surface area (TPSA) is 39.4 Å². The lowest BCUT2D eigenvalue weighted by Gasteiger charge is -2.17. The molecule has 0 saturated heterocycles. The minimum absolute atomic E-state index is 0. The summed E-state index contributed by atoms with van der Waals surface area (Å²) in [5.74, 6) is 1.37. The maximum Gasteiger partial charge on any atom is 0.373 e. The predicted molar refractivity (Wildman–Crippen MR) is 78.6 cm³/mol. The van der Waals surface area contributed by atoms with E-state index in [1.54, 1.807) is 6.07 Å². The number of hydrogen-bond donors (Lipinski definition) is 0.